The van der Waals surface area contributed by atoms with Crippen LogP contribution in [0, 0.1) is 15.5 Å². The number of sulfonamides is 1. The third kappa shape index (κ3) is 7.92. The number of aromatic nitrogens is 5. The molecule has 344 valence electrons. The fraction of sp³-hybridized carbons (Fsp3) is 0.360. The summed E-state index contributed by atoms with van der Waals surface area (Å²) in [6.07, 6.45) is 10.8. The summed E-state index contributed by atoms with van der Waals surface area (Å²) in [6.45, 7) is 7.48. The monoisotopic (exact) mass is 920 g/mol. The summed E-state index contributed by atoms with van der Waals surface area (Å²) in [4.78, 5) is 43.1. The third-order valence-electron chi connectivity index (χ3n) is 14.5. The van der Waals surface area contributed by atoms with Gasteiger partial charge in [-0.1, -0.05) is 68.4 Å². The molecule has 1 saturated carbocycles. The largest absolute Gasteiger partial charge is 0.474 e. The molecule has 1 spiro atoms. The third-order valence-corrected chi connectivity index (χ3v) is 15.7. The first-order valence-corrected chi connectivity index (χ1v) is 24.7. The molecule has 4 aliphatic rings. The van der Waals surface area contributed by atoms with E-state index in [0.717, 1.165) is 55.2 Å². The minimum Gasteiger partial charge on any atom is -0.474 e. The van der Waals surface area contributed by atoms with Gasteiger partial charge >= 0.3 is 5.69 Å². The number of ether oxygens (including phenoxy) is 1. The number of fused-ring (bicyclic) bond motifs is 3. The van der Waals surface area contributed by atoms with Gasteiger partial charge in [-0.25, -0.2) is 14.4 Å². The predicted molar refractivity (Wildman–Crippen MR) is 255 cm³/mol. The van der Waals surface area contributed by atoms with E-state index in [0.29, 0.717) is 52.2 Å². The van der Waals surface area contributed by atoms with Gasteiger partial charge in [0.2, 0.25) is 5.88 Å². The highest BCUT2D eigenvalue weighted by Gasteiger charge is 2.50. The number of carbonyl (C=O) groups is 1. The lowest BCUT2D eigenvalue weighted by Gasteiger charge is -2.56. The Morgan fingerprint density at radius 2 is 1.78 bits per heavy atom. The Hall–Kier alpha value is -6.85. The Labute approximate surface area is 387 Å². The second-order valence-corrected chi connectivity index (χ2v) is 20.6. The van der Waals surface area contributed by atoms with Gasteiger partial charge in [-0.2, -0.15) is 18.5 Å². The normalized spacial score (nSPS) is 19.6. The molecule has 3 fully saturated rings. The Morgan fingerprint density at radius 3 is 2.57 bits per heavy atom. The van der Waals surface area contributed by atoms with Crippen LogP contribution in [0.5, 0.6) is 5.88 Å². The molecule has 3 aromatic carbocycles. The SMILES string of the molecule is CC(C)c1ccccc1[C@@H]1CCCN1C1CC2(CCN(c3ccc(C(=O)NS(=O)(=O)c4cc([N+](=O)[O-])c5c(n4)OC[C@H](Cc4ccccc4)N5)c(-n4ncc5nc6[nH]ccc6cc54)c3)CC2)C1. The van der Waals surface area contributed by atoms with Crippen molar-refractivity contribution in [3.8, 4) is 11.6 Å². The van der Waals surface area contributed by atoms with Crippen LogP contribution < -0.4 is 19.7 Å². The number of piperidine rings is 1. The van der Waals surface area contributed by atoms with Crippen LogP contribution in [0.2, 0.25) is 0 Å². The molecule has 1 aliphatic carbocycles. The van der Waals surface area contributed by atoms with Crippen molar-refractivity contribution in [1.82, 2.24) is 34.4 Å². The predicted octanol–water partition coefficient (Wildman–Crippen LogP) is 8.45. The van der Waals surface area contributed by atoms with Crippen LogP contribution in [0.15, 0.2) is 108 Å². The molecular weight excluding hydrogens is 869 g/mol. The van der Waals surface area contributed by atoms with E-state index >= 15 is 0 Å². The van der Waals surface area contributed by atoms with Crippen molar-refractivity contribution in [3.63, 3.8) is 0 Å². The first kappa shape index (κ1) is 42.8. The summed E-state index contributed by atoms with van der Waals surface area (Å²) in [7, 11) is -4.77. The van der Waals surface area contributed by atoms with E-state index in [1.54, 1.807) is 23.1 Å². The Bertz CT molecular complexity index is 3160. The molecule has 7 heterocycles. The molecule has 0 unspecified atom stereocenters. The van der Waals surface area contributed by atoms with Gasteiger partial charge in [-0.05, 0) is 110 Å². The fourth-order valence-corrected chi connectivity index (χ4v) is 12.0. The first-order chi connectivity index (χ1) is 32.4. The van der Waals surface area contributed by atoms with Crippen molar-refractivity contribution >= 4 is 55.1 Å². The summed E-state index contributed by atoms with van der Waals surface area (Å²) in [6, 6.07) is 29.3. The Kier molecular flexibility index (Phi) is 10.7. The van der Waals surface area contributed by atoms with E-state index in [1.807, 2.05) is 54.6 Å². The summed E-state index contributed by atoms with van der Waals surface area (Å²) in [5, 5.41) is 20.3. The van der Waals surface area contributed by atoms with E-state index in [9.17, 15) is 23.3 Å². The number of pyridine rings is 2. The summed E-state index contributed by atoms with van der Waals surface area (Å²) in [5.74, 6) is -0.710. The van der Waals surface area contributed by atoms with Crippen LogP contribution in [0.25, 0.3) is 27.8 Å². The topological polar surface area (TPSA) is 194 Å². The highest BCUT2D eigenvalue weighted by atomic mass is 32.2. The molecule has 17 heteroatoms. The number of H-pyrrole nitrogens is 1. The van der Waals surface area contributed by atoms with E-state index in [-0.39, 0.29) is 29.8 Å². The number of carbonyl (C=O) groups excluding carboxylic acids is 1. The van der Waals surface area contributed by atoms with E-state index in [2.05, 4.69) is 73.0 Å². The number of benzene rings is 3. The molecule has 3 N–H and O–H groups in total. The zero-order chi connectivity index (χ0) is 46.0. The Morgan fingerprint density at radius 1 is 0.985 bits per heavy atom. The molecule has 2 saturated heterocycles. The molecule has 0 radical (unpaired) electrons. The molecule has 0 bridgehead atoms. The number of amides is 1. The molecule has 11 rings (SSSR count). The maximum Gasteiger partial charge on any atom is 0.300 e. The van der Waals surface area contributed by atoms with E-state index < -0.39 is 31.6 Å². The number of likely N-dealkylation sites (tertiary alicyclic amines) is 1. The molecule has 1 amide bonds. The standard InChI is InChI=1S/C50H52N10O6S/c1-31(2)37-11-6-7-12-38(37)41-13-8-20-58(41)36-27-50(28-36)17-21-57(22-18-50)35-14-15-39(42(25-35)59-43-24-33-16-19-51-47(33)54-40(43)29-52-59)48(61)56-67(64,65)45-26-44(60(62)63)46-49(55-45)66-30-34(53-46)23-32-9-4-3-5-10-32/h3-7,9-12,14-16,19,24-26,29,31,34,36,41,53H,8,13,17-18,20-23,27-28,30H2,1-2H3,(H,51,54)(H,56,61)/t34-,41-/m0/s1. The second kappa shape index (κ2) is 16.8. The molecule has 16 nitrogen and oxygen atoms in total. The van der Waals surface area contributed by atoms with Gasteiger partial charge in [-0.15, -0.1) is 0 Å². The quantitative estimate of drug-likeness (QED) is 0.0830. The van der Waals surface area contributed by atoms with Gasteiger partial charge in [0.05, 0.1) is 40.0 Å². The number of anilines is 2. The molecule has 4 aromatic heterocycles. The van der Waals surface area contributed by atoms with Crippen molar-refractivity contribution in [2.75, 3.05) is 36.5 Å². The number of nitrogens with zero attached hydrogens (tertiary/aromatic N) is 7. The number of nitrogens with one attached hydrogen (secondary N) is 3. The summed E-state index contributed by atoms with van der Waals surface area (Å²) in [5.41, 5.74) is 6.82. The highest BCUT2D eigenvalue weighted by Crippen LogP contribution is 2.54. The molecule has 7 aromatic rings. The van der Waals surface area contributed by atoms with Crippen LogP contribution in [-0.2, 0) is 16.4 Å². The van der Waals surface area contributed by atoms with Gasteiger partial charge < -0.3 is 19.9 Å². The van der Waals surface area contributed by atoms with Crippen molar-refractivity contribution < 1.29 is 22.9 Å². The minimum absolute atomic E-state index is 0.0233. The van der Waals surface area contributed by atoms with Gasteiger partial charge in [0.25, 0.3) is 15.9 Å². The van der Waals surface area contributed by atoms with Crippen molar-refractivity contribution in [2.24, 2.45) is 5.41 Å². The average molecular weight is 921 g/mol. The molecule has 67 heavy (non-hydrogen) atoms. The first-order valence-electron chi connectivity index (χ1n) is 23.2. The zero-order valence-electron chi connectivity index (χ0n) is 37.4. The van der Waals surface area contributed by atoms with E-state index in [1.165, 1.54) is 36.8 Å². The fourth-order valence-electron chi connectivity index (χ4n) is 11.1. The number of hydrogen-bond acceptors (Lipinski definition) is 12. The van der Waals surface area contributed by atoms with Crippen LogP contribution in [0.3, 0.4) is 0 Å². The Balaban J connectivity index is 0.846. The van der Waals surface area contributed by atoms with Crippen molar-refractivity contribution in [2.45, 2.75) is 87.9 Å². The lowest BCUT2D eigenvalue weighted by atomic mass is 9.59. The van der Waals surface area contributed by atoms with Crippen LogP contribution in [-0.4, -0.2) is 87.2 Å². The lowest BCUT2D eigenvalue weighted by molar-refractivity contribution is -0.384. The maximum atomic E-state index is 14.3. The van der Waals surface area contributed by atoms with Gasteiger partial charge in [0.1, 0.15) is 17.8 Å². The van der Waals surface area contributed by atoms with E-state index in [4.69, 9.17) is 9.72 Å². The minimum atomic E-state index is -4.77. The molecular formula is C50H52N10O6S. The smallest absolute Gasteiger partial charge is 0.300 e. The van der Waals surface area contributed by atoms with Crippen LogP contribution >= 0.6 is 0 Å². The van der Waals surface area contributed by atoms with Gasteiger partial charge in [0.15, 0.2) is 10.7 Å². The average Bonchev–Trinajstić information content (AvgIpc) is 4.10. The summed E-state index contributed by atoms with van der Waals surface area (Å²) >= 11 is 0. The van der Waals surface area contributed by atoms with Crippen molar-refractivity contribution in [1.29, 1.82) is 0 Å². The maximum absolute atomic E-state index is 14.3. The van der Waals surface area contributed by atoms with Crippen LogP contribution in [0.4, 0.5) is 17.1 Å². The van der Waals surface area contributed by atoms with Crippen LogP contribution in [0.1, 0.15) is 91.4 Å². The zero-order valence-corrected chi connectivity index (χ0v) is 38.2. The number of hydrogen-bond donors (Lipinski definition) is 3. The molecule has 2 atom stereocenters. The molecule has 3 aliphatic heterocycles. The highest BCUT2D eigenvalue weighted by molar-refractivity contribution is 7.90. The lowest BCUT2D eigenvalue weighted by Crippen LogP contribution is -2.55. The number of aromatic amines is 1. The van der Waals surface area contributed by atoms with Gasteiger partial charge in [0, 0.05) is 42.4 Å². The number of nitro groups is 1. The summed E-state index contributed by atoms with van der Waals surface area (Å²) < 4.78 is 37.6. The van der Waals surface area contributed by atoms with Crippen molar-refractivity contribution in [3.05, 3.63) is 136 Å². The number of rotatable bonds is 11. The second-order valence-electron chi connectivity index (χ2n) is 19.0. The van der Waals surface area contributed by atoms with Gasteiger partial charge in [-0.3, -0.25) is 19.8 Å².